The monoisotopic (exact) mass is 251 g/mol. The molecule has 3 nitrogen and oxygen atoms in total. The zero-order valence-electron chi connectivity index (χ0n) is 12.1. The molecular formula is C15H25NO2. The van der Waals surface area contributed by atoms with Crippen molar-refractivity contribution in [1.82, 2.24) is 5.32 Å². The van der Waals surface area contributed by atoms with Crippen LogP contribution < -0.4 is 10.1 Å². The molecule has 0 saturated heterocycles. The summed E-state index contributed by atoms with van der Waals surface area (Å²) in [4.78, 5) is 0. The molecule has 1 aromatic carbocycles. The Labute approximate surface area is 110 Å². The third kappa shape index (κ3) is 3.47. The zero-order chi connectivity index (χ0) is 13.5. The molecule has 0 aliphatic heterocycles. The van der Waals surface area contributed by atoms with Crippen LogP contribution in [-0.4, -0.2) is 27.4 Å². The second-order valence-electron chi connectivity index (χ2n) is 4.57. The number of methoxy groups -OCH3 is 2. The number of ether oxygens (including phenoxy) is 2. The highest BCUT2D eigenvalue weighted by Crippen LogP contribution is 2.30. The summed E-state index contributed by atoms with van der Waals surface area (Å²) in [5, 5.41) is 3.35. The summed E-state index contributed by atoms with van der Waals surface area (Å²) in [5.74, 6) is 0.915. The van der Waals surface area contributed by atoms with Crippen LogP contribution in [0.4, 0.5) is 0 Å². The first-order valence-electron chi connectivity index (χ1n) is 6.52. The Morgan fingerprint density at radius 3 is 2.50 bits per heavy atom. The van der Waals surface area contributed by atoms with Crippen LogP contribution in [0.25, 0.3) is 0 Å². The van der Waals surface area contributed by atoms with Gasteiger partial charge in [-0.2, -0.15) is 0 Å². The topological polar surface area (TPSA) is 30.5 Å². The molecule has 0 heterocycles. The molecule has 0 spiro atoms. The van der Waals surface area contributed by atoms with Crippen molar-refractivity contribution in [3.05, 3.63) is 29.3 Å². The maximum absolute atomic E-state index is 5.62. The van der Waals surface area contributed by atoms with Crippen molar-refractivity contribution in [3.8, 4) is 5.75 Å². The van der Waals surface area contributed by atoms with Crippen LogP contribution in [0.2, 0.25) is 0 Å². The van der Waals surface area contributed by atoms with Crippen molar-refractivity contribution in [2.75, 3.05) is 21.3 Å². The minimum Gasteiger partial charge on any atom is -0.496 e. The molecule has 2 unspecified atom stereocenters. The van der Waals surface area contributed by atoms with Crippen molar-refractivity contribution < 1.29 is 9.47 Å². The number of likely N-dealkylation sites (N-methyl/N-ethyl adjacent to an activating group) is 1. The molecule has 3 heteroatoms. The van der Waals surface area contributed by atoms with Gasteiger partial charge in [-0.15, -0.1) is 0 Å². The largest absolute Gasteiger partial charge is 0.496 e. The standard InChI is InChI=1S/C15H25NO2/c1-6-7-14(18-5)15(16-3)12-10-11(2)8-9-13(12)17-4/h8-10,14-16H,6-7H2,1-5H3. The first-order chi connectivity index (χ1) is 8.67. The molecule has 0 bridgehead atoms. The number of hydrogen-bond donors (Lipinski definition) is 1. The van der Waals surface area contributed by atoms with E-state index in [9.17, 15) is 0 Å². The number of nitrogens with one attached hydrogen (secondary N) is 1. The molecule has 1 aromatic rings. The van der Waals surface area contributed by atoms with Gasteiger partial charge in [-0.3, -0.25) is 0 Å². The Balaban J connectivity index is 3.09. The fourth-order valence-electron chi connectivity index (χ4n) is 2.34. The maximum Gasteiger partial charge on any atom is 0.123 e. The molecule has 0 amide bonds. The maximum atomic E-state index is 5.62. The molecule has 18 heavy (non-hydrogen) atoms. The van der Waals surface area contributed by atoms with Gasteiger partial charge < -0.3 is 14.8 Å². The highest BCUT2D eigenvalue weighted by atomic mass is 16.5. The Morgan fingerprint density at radius 1 is 1.28 bits per heavy atom. The van der Waals surface area contributed by atoms with E-state index in [0.29, 0.717) is 0 Å². The van der Waals surface area contributed by atoms with Crippen LogP contribution >= 0.6 is 0 Å². The molecule has 2 atom stereocenters. The fourth-order valence-corrected chi connectivity index (χ4v) is 2.34. The van der Waals surface area contributed by atoms with Crippen molar-refractivity contribution >= 4 is 0 Å². The zero-order valence-corrected chi connectivity index (χ0v) is 12.1. The fraction of sp³-hybridized carbons (Fsp3) is 0.600. The van der Waals surface area contributed by atoms with E-state index in [1.807, 2.05) is 13.1 Å². The lowest BCUT2D eigenvalue weighted by atomic mass is 9.96. The number of rotatable bonds is 7. The normalized spacial score (nSPS) is 14.3. The average molecular weight is 251 g/mol. The van der Waals surface area contributed by atoms with E-state index in [1.165, 1.54) is 11.1 Å². The van der Waals surface area contributed by atoms with Crippen molar-refractivity contribution in [1.29, 1.82) is 0 Å². The predicted molar refractivity (Wildman–Crippen MR) is 75.2 cm³/mol. The molecule has 0 aromatic heterocycles. The lowest BCUT2D eigenvalue weighted by molar-refractivity contribution is 0.0622. The summed E-state index contributed by atoms with van der Waals surface area (Å²) >= 11 is 0. The molecule has 1 N–H and O–H groups in total. The van der Waals surface area contributed by atoms with Crippen LogP contribution in [0, 0.1) is 6.92 Å². The van der Waals surface area contributed by atoms with Crippen LogP contribution in [-0.2, 0) is 4.74 Å². The van der Waals surface area contributed by atoms with Crippen molar-refractivity contribution in [2.24, 2.45) is 0 Å². The van der Waals surface area contributed by atoms with Crippen LogP contribution in [0.15, 0.2) is 18.2 Å². The molecule has 0 fully saturated rings. The molecule has 0 aliphatic carbocycles. The minimum absolute atomic E-state index is 0.157. The summed E-state index contributed by atoms with van der Waals surface area (Å²) in [5.41, 5.74) is 2.40. The Kier molecular flexibility index (Phi) is 6.16. The Bertz CT molecular complexity index is 366. The predicted octanol–water partition coefficient (Wildman–Crippen LogP) is 3.08. The summed E-state index contributed by atoms with van der Waals surface area (Å²) in [6.07, 6.45) is 2.29. The van der Waals surface area contributed by atoms with Gasteiger partial charge in [0.25, 0.3) is 0 Å². The molecule has 0 aliphatic rings. The van der Waals surface area contributed by atoms with E-state index in [2.05, 4.69) is 31.3 Å². The molecule has 1 rings (SSSR count). The van der Waals surface area contributed by atoms with E-state index in [4.69, 9.17) is 9.47 Å². The van der Waals surface area contributed by atoms with Crippen molar-refractivity contribution in [3.63, 3.8) is 0 Å². The highest BCUT2D eigenvalue weighted by Gasteiger charge is 2.23. The molecular weight excluding hydrogens is 226 g/mol. The van der Waals surface area contributed by atoms with E-state index >= 15 is 0 Å². The van der Waals surface area contributed by atoms with Gasteiger partial charge >= 0.3 is 0 Å². The average Bonchev–Trinajstić information content (AvgIpc) is 2.39. The highest BCUT2D eigenvalue weighted by molar-refractivity contribution is 5.39. The molecule has 102 valence electrons. The third-order valence-corrected chi connectivity index (χ3v) is 3.28. The lowest BCUT2D eigenvalue weighted by Crippen LogP contribution is -2.31. The molecule has 0 radical (unpaired) electrons. The van der Waals surface area contributed by atoms with Crippen LogP contribution in [0.3, 0.4) is 0 Å². The van der Waals surface area contributed by atoms with E-state index in [0.717, 1.165) is 18.6 Å². The SMILES string of the molecule is CCCC(OC)C(NC)c1cc(C)ccc1OC. The number of aryl methyl sites for hydroxylation is 1. The molecule has 0 saturated carbocycles. The van der Waals surface area contributed by atoms with Gasteiger partial charge in [-0.05, 0) is 26.5 Å². The van der Waals surface area contributed by atoms with Crippen LogP contribution in [0.1, 0.15) is 36.9 Å². The second-order valence-corrected chi connectivity index (χ2v) is 4.57. The first kappa shape index (κ1) is 15.0. The van der Waals surface area contributed by atoms with Gasteiger partial charge in [0.2, 0.25) is 0 Å². The second kappa shape index (κ2) is 7.39. The van der Waals surface area contributed by atoms with E-state index in [-0.39, 0.29) is 12.1 Å². The van der Waals surface area contributed by atoms with Gasteiger partial charge in [0.05, 0.1) is 19.3 Å². The Morgan fingerprint density at radius 2 is 2.00 bits per heavy atom. The quantitative estimate of drug-likeness (QED) is 0.808. The number of hydrogen-bond acceptors (Lipinski definition) is 3. The lowest BCUT2D eigenvalue weighted by Gasteiger charge is -2.27. The summed E-state index contributed by atoms with van der Waals surface area (Å²) in [6.45, 7) is 4.27. The van der Waals surface area contributed by atoms with Gasteiger partial charge in [-0.1, -0.05) is 31.0 Å². The smallest absolute Gasteiger partial charge is 0.123 e. The van der Waals surface area contributed by atoms with Gasteiger partial charge in [0, 0.05) is 12.7 Å². The van der Waals surface area contributed by atoms with Gasteiger partial charge in [0.15, 0.2) is 0 Å². The van der Waals surface area contributed by atoms with E-state index < -0.39 is 0 Å². The summed E-state index contributed by atoms with van der Waals surface area (Å²) < 4.78 is 11.1. The van der Waals surface area contributed by atoms with Gasteiger partial charge in [-0.25, -0.2) is 0 Å². The summed E-state index contributed by atoms with van der Waals surface area (Å²) in [6, 6.07) is 6.41. The van der Waals surface area contributed by atoms with Gasteiger partial charge in [0.1, 0.15) is 5.75 Å². The van der Waals surface area contributed by atoms with E-state index in [1.54, 1.807) is 14.2 Å². The van der Waals surface area contributed by atoms with Crippen molar-refractivity contribution in [2.45, 2.75) is 38.8 Å². The minimum atomic E-state index is 0.157. The Hall–Kier alpha value is -1.06. The first-order valence-corrected chi connectivity index (χ1v) is 6.52. The third-order valence-electron chi connectivity index (χ3n) is 3.28. The number of benzene rings is 1. The van der Waals surface area contributed by atoms with Crippen LogP contribution in [0.5, 0.6) is 5.75 Å². The summed E-state index contributed by atoms with van der Waals surface area (Å²) in [7, 11) is 5.45.